The molecule has 1 aromatic heterocycles. The summed E-state index contributed by atoms with van der Waals surface area (Å²) in [5.41, 5.74) is 0.238. The van der Waals surface area contributed by atoms with Crippen molar-refractivity contribution in [3.8, 4) is 6.07 Å². The van der Waals surface area contributed by atoms with E-state index in [9.17, 15) is 8.42 Å². The zero-order valence-electron chi connectivity index (χ0n) is 10.3. The summed E-state index contributed by atoms with van der Waals surface area (Å²) in [7, 11) is -3.65. The summed E-state index contributed by atoms with van der Waals surface area (Å²) in [6, 6.07) is 7.62. The highest BCUT2D eigenvalue weighted by atomic mass is 35.5. The van der Waals surface area contributed by atoms with E-state index in [-0.39, 0.29) is 22.0 Å². The molecule has 104 valence electrons. The van der Waals surface area contributed by atoms with Gasteiger partial charge in [0.2, 0.25) is 10.0 Å². The Morgan fingerprint density at radius 2 is 2.25 bits per heavy atom. The molecule has 0 spiro atoms. The van der Waals surface area contributed by atoms with E-state index in [0.717, 1.165) is 0 Å². The van der Waals surface area contributed by atoms with Gasteiger partial charge in [0.15, 0.2) is 0 Å². The van der Waals surface area contributed by atoms with Crippen LogP contribution >= 0.6 is 11.6 Å². The second-order valence-corrected chi connectivity index (χ2v) is 6.09. The van der Waals surface area contributed by atoms with Gasteiger partial charge in [-0.25, -0.2) is 13.1 Å². The van der Waals surface area contributed by atoms with Crippen molar-refractivity contribution in [1.82, 2.24) is 14.5 Å². The predicted molar refractivity (Wildman–Crippen MR) is 73.6 cm³/mol. The molecule has 20 heavy (non-hydrogen) atoms. The van der Waals surface area contributed by atoms with Crippen LogP contribution in [0.15, 0.2) is 41.6 Å². The number of sulfonamides is 1. The average molecular weight is 311 g/mol. The second kappa shape index (κ2) is 6.05. The lowest BCUT2D eigenvalue weighted by molar-refractivity contribution is 0.561. The minimum absolute atomic E-state index is 0.0296. The summed E-state index contributed by atoms with van der Waals surface area (Å²) >= 11 is 5.82. The summed E-state index contributed by atoms with van der Waals surface area (Å²) in [5, 5.41) is 12.8. The summed E-state index contributed by atoms with van der Waals surface area (Å²) < 4.78 is 28.1. The van der Waals surface area contributed by atoms with Crippen molar-refractivity contribution in [2.75, 3.05) is 6.54 Å². The zero-order valence-corrected chi connectivity index (χ0v) is 11.9. The molecular weight excluding hydrogens is 300 g/mol. The van der Waals surface area contributed by atoms with Crippen molar-refractivity contribution in [1.29, 1.82) is 5.26 Å². The van der Waals surface area contributed by atoms with E-state index in [1.54, 1.807) is 23.1 Å². The van der Waals surface area contributed by atoms with Crippen LogP contribution in [0.1, 0.15) is 5.56 Å². The first-order valence-electron chi connectivity index (χ1n) is 5.70. The number of halogens is 1. The number of hydrogen-bond acceptors (Lipinski definition) is 4. The van der Waals surface area contributed by atoms with Crippen LogP contribution in [0.2, 0.25) is 5.02 Å². The van der Waals surface area contributed by atoms with Crippen LogP contribution < -0.4 is 4.72 Å². The first kappa shape index (κ1) is 14.5. The molecule has 0 bridgehead atoms. The molecule has 0 radical (unpaired) electrons. The summed E-state index contributed by atoms with van der Waals surface area (Å²) in [6.07, 6.45) is 3.36. The van der Waals surface area contributed by atoms with E-state index in [1.165, 1.54) is 18.2 Å². The lowest BCUT2D eigenvalue weighted by Crippen LogP contribution is -2.27. The molecule has 1 aromatic carbocycles. The lowest BCUT2D eigenvalue weighted by Gasteiger charge is -2.07. The summed E-state index contributed by atoms with van der Waals surface area (Å²) in [4.78, 5) is 0.0296. The molecule has 1 N–H and O–H groups in total. The van der Waals surface area contributed by atoms with E-state index >= 15 is 0 Å². The van der Waals surface area contributed by atoms with Crippen LogP contribution in [0.4, 0.5) is 0 Å². The fraction of sp³-hybridized carbons (Fsp3) is 0.167. The van der Waals surface area contributed by atoms with Gasteiger partial charge in [-0.05, 0) is 24.3 Å². The molecule has 0 amide bonds. The Hall–Kier alpha value is -1.88. The number of nitrogens with one attached hydrogen (secondary N) is 1. The van der Waals surface area contributed by atoms with Gasteiger partial charge >= 0.3 is 0 Å². The molecule has 6 nitrogen and oxygen atoms in total. The molecule has 0 unspecified atom stereocenters. The third-order valence-corrected chi connectivity index (χ3v) is 4.33. The first-order chi connectivity index (χ1) is 9.53. The van der Waals surface area contributed by atoms with Crippen LogP contribution in [0.25, 0.3) is 0 Å². The third-order valence-electron chi connectivity index (χ3n) is 2.56. The molecule has 0 saturated heterocycles. The average Bonchev–Trinajstić information content (AvgIpc) is 2.91. The Morgan fingerprint density at radius 1 is 1.45 bits per heavy atom. The molecule has 1 heterocycles. The zero-order chi connectivity index (χ0) is 14.6. The Balaban J connectivity index is 2.06. The standard InChI is InChI=1S/C12H11ClN4O2S/c13-12-8-11(3-2-10(12)9-14)20(18,19)16-5-7-17-6-1-4-15-17/h1-4,6,8,16H,5,7H2. The number of aromatic nitrogens is 2. The van der Waals surface area contributed by atoms with E-state index in [4.69, 9.17) is 16.9 Å². The predicted octanol–water partition coefficient (Wildman–Crippen LogP) is 1.39. The highest BCUT2D eigenvalue weighted by Crippen LogP contribution is 2.19. The van der Waals surface area contributed by atoms with Crippen molar-refractivity contribution in [2.45, 2.75) is 11.4 Å². The quantitative estimate of drug-likeness (QED) is 0.904. The summed E-state index contributed by atoms with van der Waals surface area (Å²) in [5.74, 6) is 0. The van der Waals surface area contributed by atoms with Crippen molar-refractivity contribution < 1.29 is 8.42 Å². The highest BCUT2D eigenvalue weighted by Gasteiger charge is 2.15. The minimum Gasteiger partial charge on any atom is -0.271 e. The molecule has 8 heteroatoms. The Kier molecular flexibility index (Phi) is 4.39. The van der Waals surface area contributed by atoms with Crippen molar-refractivity contribution in [2.24, 2.45) is 0 Å². The van der Waals surface area contributed by atoms with Gasteiger partial charge in [-0.1, -0.05) is 11.6 Å². The second-order valence-electron chi connectivity index (χ2n) is 3.92. The number of hydrogen-bond donors (Lipinski definition) is 1. The Labute approximate surface area is 121 Å². The first-order valence-corrected chi connectivity index (χ1v) is 7.56. The number of benzene rings is 1. The largest absolute Gasteiger partial charge is 0.271 e. The molecule has 2 rings (SSSR count). The van der Waals surface area contributed by atoms with Crippen molar-refractivity contribution >= 4 is 21.6 Å². The van der Waals surface area contributed by atoms with Gasteiger partial charge in [-0.2, -0.15) is 10.4 Å². The Bertz CT molecular complexity index is 735. The molecule has 0 aliphatic heterocycles. The monoisotopic (exact) mass is 310 g/mol. The normalized spacial score (nSPS) is 11.2. The van der Waals surface area contributed by atoms with Crippen LogP contribution in [-0.4, -0.2) is 24.7 Å². The number of nitrogens with zero attached hydrogens (tertiary/aromatic N) is 3. The maximum atomic E-state index is 12.0. The number of nitriles is 1. The van der Waals surface area contributed by atoms with Gasteiger partial charge in [-0.15, -0.1) is 0 Å². The SMILES string of the molecule is N#Cc1ccc(S(=O)(=O)NCCn2cccn2)cc1Cl. The van der Waals surface area contributed by atoms with Gasteiger partial charge in [0.25, 0.3) is 0 Å². The van der Waals surface area contributed by atoms with E-state index in [2.05, 4.69) is 9.82 Å². The van der Waals surface area contributed by atoms with Crippen molar-refractivity contribution in [3.63, 3.8) is 0 Å². The fourth-order valence-corrected chi connectivity index (χ4v) is 2.90. The molecule has 0 aliphatic carbocycles. The smallest absolute Gasteiger partial charge is 0.240 e. The van der Waals surface area contributed by atoms with Gasteiger partial charge in [0.05, 0.1) is 22.0 Å². The Morgan fingerprint density at radius 3 is 2.85 bits per heavy atom. The highest BCUT2D eigenvalue weighted by molar-refractivity contribution is 7.89. The van der Waals surface area contributed by atoms with E-state index < -0.39 is 10.0 Å². The van der Waals surface area contributed by atoms with Gasteiger partial charge in [-0.3, -0.25) is 4.68 Å². The molecule has 0 aliphatic rings. The fourth-order valence-electron chi connectivity index (χ4n) is 1.56. The number of rotatable bonds is 5. The lowest BCUT2D eigenvalue weighted by atomic mass is 10.2. The molecular formula is C12H11ClN4O2S. The molecule has 2 aromatic rings. The summed E-state index contributed by atoms with van der Waals surface area (Å²) in [6.45, 7) is 0.637. The minimum atomic E-state index is -3.65. The maximum Gasteiger partial charge on any atom is 0.240 e. The molecule has 0 fully saturated rings. The van der Waals surface area contributed by atoms with E-state index in [1.807, 2.05) is 6.07 Å². The maximum absolute atomic E-state index is 12.0. The van der Waals surface area contributed by atoms with Crippen LogP contribution in [0.5, 0.6) is 0 Å². The van der Waals surface area contributed by atoms with Crippen molar-refractivity contribution in [3.05, 3.63) is 47.2 Å². The van der Waals surface area contributed by atoms with Gasteiger partial charge < -0.3 is 0 Å². The van der Waals surface area contributed by atoms with Crippen LogP contribution in [0, 0.1) is 11.3 Å². The van der Waals surface area contributed by atoms with Crippen LogP contribution in [-0.2, 0) is 16.6 Å². The van der Waals surface area contributed by atoms with Gasteiger partial charge in [0, 0.05) is 18.9 Å². The molecule has 0 atom stereocenters. The topological polar surface area (TPSA) is 87.8 Å². The van der Waals surface area contributed by atoms with E-state index in [0.29, 0.717) is 6.54 Å². The van der Waals surface area contributed by atoms with Crippen LogP contribution in [0.3, 0.4) is 0 Å². The molecule has 0 saturated carbocycles. The third kappa shape index (κ3) is 3.36. The van der Waals surface area contributed by atoms with Gasteiger partial charge in [0.1, 0.15) is 6.07 Å².